The summed E-state index contributed by atoms with van der Waals surface area (Å²) >= 11 is 0. The van der Waals surface area contributed by atoms with Crippen LogP contribution in [-0.4, -0.2) is 33.4 Å². The summed E-state index contributed by atoms with van der Waals surface area (Å²) in [5, 5.41) is 8.65. The fourth-order valence-electron chi connectivity index (χ4n) is 6.92. The first-order chi connectivity index (χ1) is 16.5. The molecular weight excluding hydrogens is 433 g/mol. The molecule has 4 saturated carbocycles. The minimum Gasteiger partial charge on any atom is -0.454 e. The lowest BCUT2D eigenvalue weighted by Crippen LogP contribution is -2.49. The maximum absolute atomic E-state index is 13.7. The standard InChI is InChI=1S/C27H26FN3O3/c28-23-4-2-1-3-22(23)26(33)34-16-24(32)20-5-7-21(8-6-20)31-25(15-29-30-31)27-12-17-9-18(13-27)11-19(10-17)14-27/h1-8,15,17-19H,9-14,16H2. The van der Waals surface area contributed by atoms with Gasteiger partial charge in [0.1, 0.15) is 5.82 Å². The molecule has 1 aromatic heterocycles. The van der Waals surface area contributed by atoms with E-state index in [1.165, 1.54) is 62.4 Å². The zero-order chi connectivity index (χ0) is 23.3. The topological polar surface area (TPSA) is 74.1 Å². The number of aromatic nitrogens is 3. The van der Waals surface area contributed by atoms with Crippen molar-refractivity contribution in [2.45, 2.75) is 43.9 Å². The zero-order valence-electron chi connectivity index (χ0n) is 18.8. The first-order valence-electron chi connectivity index (χ1n) is 12.0. The molecule has 0 spiro atoms. The van der Waals surface area contributed by atoms with E-state index in [-0.39, 0.29) is 16.8 Å². The fraction of sp³-hybridized carbons (Fsp3) is 0.407. The van der Waals surface area contributed by atoms with Crippen LogP contribution in [0.4, 0.5) is 4.39 Å². The zero-order valence-corrected chi connectivity index (χ0v) is 18.8. The maximum Gasteiger partial charge on any atom is 0.341 e. The highest BCUT2D eigenvalue weighted by molar-refractivity contribution is 5.99. The molecule has 174 valence electrons. The third-order valence-electron chi connectivity index (χ3n) is 7.99. The van der Waals surface area contributed by atoms with E-state index in [4.69, 9.17) is 4.74 Å². The van der Waals surface area contributed by atoms with Gasteiger partial charge >= 0.3 is 5.97 Å². The molecule has 2 aromatic carbocycles. The Morgan fingerprint density at radius 1 is 0.971 bits per heavy atom. The molecule has 7 rings (SSSR count). The average molecular weight is 460 g/mol. The van der Waals surface area contributed by atoms with Gasteiger partial charge in [0.05, 0.1) is 23.1 Å². The number of ether oxygens (including phenoxy) is 1. The molecule has 4 fully saturated rings. The van der Waals surface area contributed by atoms with Crippen molar-refractivity contribution in [1.29, 1.82) is 0 Å². The van der Waals surface area contributed by atoms with Gasteiger partial charge in [-0.2, -0.15) is 0 Å². The number of hydrogen-bond acceptors (Lipinski definition) is 5. The summed E-state index contributed by atoms with van der Waals surface area (Å²) in [6.07, 6.45) is 9.70. The van der Waals surface area contributed by atoms with Gasteiger partial charge in [-0.3, -0.25) is 4.79 Å². The molecule has 0 aliphatic heterocycles. The van der Waals surface area contributed by atoms with Crippen LogP contribution < -0.4 is 0 Å². The average Bonchev–Trinajstić information content (AvgIpc) is 3.33. The number of benzene rings is 2. The summed E-state index contributed by atoms with van der Waals surface area (Å²) in [6.45, 7) is -0.450. The molecule has 0 atom stereocenters. The molecule has 0 radical (unpaired) electrons. The number of Topliss-reactive ketones (excluding diaryl/α,β-unsaturated/α-hetero) is 1. The van der Waals surface area contributed by atoms with Crippen molar-refractivity contribution in [3.8, 4) is 5.69 Å². The van der Waals surface area contributed by atoms with E-state index >= 15 is 0 Å². The Morgan fingerprint density at radius 2 is 1.62 bits per heavy atom. The van der Waals surface area contributed by atoms with Crippen LogP contribution in [0, 0.1) is 23.6 Å². The summed E-state index contributed by atoms with van der Waals surface area (Å²) in [5.41, 5.74) is 2.44. The van der Waals surface area contributed by atoms with Gasteiger partial charge in [0.2, 0.25) is 0 Å². The minimum absolute atomic E-state index is 0.160. The molecule has 4 aliphatic rings. The molecule has 0 saturated heterocycles. The van der Waals surface area contributed by atoms with E-state index in [1.54, 1.807) is 18.2 Å². The maximum atomic E-state index is 13.7. The Hall–Kier alpha value is -3.35. The normalized spacial score (nSPS) is 27.0. The molecule has 0 amide bonds. The molecule has 4 bridgehead atoms. The minimum atomic E-state index is -0.856. The number of rotatable bonds is 6. The molecule has 34 heavy (non-hydrogen) atoms. The van der Waals surface area contributed by atoms with Crippen LogP contribution >= 0.6 is 0 Å². The number of nitrogens with zero attached hydrogens (tertiary/aromatic N) is 3. The van der Waals surface area contributed by atoms with E-state index in [0.717, 1.165) is 23.4 Å². The fourth-order valence-corrected chi connectivity index (χ4v) is 6.92. The van der Waals surface area contributed by atoms with Crippen molar-refractivity contribution in [2.75, 3.05) is 6.61 Å². The molecule has 1 heterocycles. The number of carbonyl (C=O) groups excluding carboxylic acids is 2. The number of esters is 1. The van der Waals surface area contributed by atoms with Crippen molar-refractivity contribution in [3.05, 3.63) is 77.4 Å². The van der Waals surface area contributed by atoms with Gasteiger partial charge in [0.25, 0.3) is 0 Å². The lowest BCUT2D eigenvalue weighted by atomic mass is 9.49. The Bertz CT molecular complexity index is 1210. The van der Waals surface area contributed by atoms with E-state index in [0.29, 0.717) is 5.56 Å². The third-order valence-corrected chi connectivity index (χ3v) is 7.99. The Kier molecular flexibility index (Phi) is 5.08. The summed E-state index contributed by atoms with van der Waals surface area (Å²) < 4.78 is 20.7. The van der Waals surface area contributed by atoms with Crippen LogP contribution in [0.3, 0.4) is 0 Å². The van der Waals surface area contributed by atoms with Crippen LogP contribution in [0.1, 0.15) is 64.9 Å². The highest BCUT2D eigenvalue weighted by Gasteiger charge is 2.53. The van der Waals surface area contributed by atoms with Crippen molar-refractivity contribution in [3.63, 3.8) is 0 Å². The van der Waals surface area contributed by atoms with E-state index in [2.05, 4.69) is 10.3 Å². The second-order valence-corrected chi connectivity index (χ2v) is 10.3. The van der Waals surface area contributed by atoms with Gasteiger partial charge in [-0.1, -0.05) is 17.3 Å². The monoisotopic (exact) mass is 459 g/mol. The molecule has 7 heteroatoms. The summed E-state index contributed by atoms with van der Waals surface area (Å²) in [4.78, 5) is 24.6. The largest absolute Gasteiger partial charge is 0.454 e. The first kappa shape index (κ1) is 21.2. The van der Waals surface area contributed by atoms with Gasteiger partial charge in [-0.15, -0.1) is 5.10 Å². The molecule has 0 unspecified atom stereocenters. The molecule has 4 aliphatic carbocycles. The van der Waals surface area contributed by atoms with Crippen molar-refractivity contribution in [2.24, 2.45) is 17.8 Å². The summed E-state index contributed by atoms with van der Waals surface area (Å²) in [7, 11) is 0. The lowest BCUT2D eigenvalue weighted by molar-refractivity contribution is -0.00828. The molecule has 0 N–H and O–H groups in total. The van der Waals surface area contributed by atoms with Gasteiger partial charge in [0.15, 0.2) is 12.4 Å². The van der Waals surface area contributed by atoms with Crippen LogP contribution in [0.25, 0.3) is 5.69 Å². The van der Waals surface area contributed by atoms with Crippen molar-refractivity contribution >= 4 is 11.8 Å². The lowest BCUT2D eigenvalue weighted by Gasteiger charge is -2.56. The van der Waals surface area contributed by atoms with Gasteiger partial charge < -0.3 is 4.74 Å². The number of ketones is 1. The van der Waals surface area contributed by atoms with E-state index < -0.39 is 18.4 Å². The summed E-state index contributed by atoms with van der Waals surface area (Å²) in [6, 6.07) is 12.7. The Labute approximate surface area is 197 Å². The number of halogens is 1. The predicted octanol–water partition coefficient (Wildman–Crippen LogP) is 4.91. The second-order valence-electron chi connectivity index (χ2n) is 10.3. The highest BCUT2D eigenvalue weighted by atomic mass is 19.1. The molecule has 3 aromatic rings. The van der Waals surface area contributed by atoms with Gasteiger partial charge in [0, 0.05) is 11.0 Å². The smallest absolute Gasteiger partial charge is 0.341 e. The van der Waals surface area contributed by atoms with Crippen LogP contribution in [-0.2, 0) is 10.2 Å². The van der Waals surface area contributed by atoms with Crippen molar-refractivity contribution < 1.29 is 18.7 Å². The van der Waals surface area contributed by atoms with E-state index in [9.17, 15) is 14.0 Å². The van der Waals surface area contributed by atoms with Crippen LogP contribution in [0.2, 0.25) is 0 Å². The van der Waals surface area contributed by atoms with E-state index in [1.807, 2.05) is 23.0 Å². The van der Waals surface area contributed by atoms with Crippen LogP contribution in [0.15, 0.2) is 54.7 Å². The first-order valence-corrected chi connectivity index (χ1v) is 12.0. The van der Waals surface area contributed by atoms with Gasteiger partial charge in [-0.25, -0.2) is 13.9 Å². The quantitative estimate of drug-likeness (QED) is 0.387. The predicted molar refractivity (Wildman–Crippen MR) is 122 cm³/mol. The number of carbonyl (C=O) groups is 2. The summed E-state index contributed by atoms with van der Waals surface area (Å²) in [5.74, 6) is 0.582. The highest BCUT2D eigenvalue weighted by Crippen LogP contribution is 2.60. The molecular formula is C27H26FN3O3. The van der Waals surface area contributed by atoms with Gasteiger partial charge in [-0.05, 0) is 92.7 Å². The van der Waals surface area contributed by atoms with Crippen LogP contribution in [0.5, 0.6) is 0 Å². The Morgan fingerprint density at radius 3 is 2.26 bits per heavy atom. The SMILES string of the molecule is O=C(COC(=O)c1ccccc1F)c1ccc(-n2nncc2C23CC4CC(CC(C4)C2)C3)cc1. The third kappa shape index (κ3) is 3.63. The number of hydrogen-bond donors (Lipinski definition) is 0. The van der Waals surface area contributed by atoms with Crippen molar-refractivity contribution in [1.82, 2.24) is 15.0 Å². The second kappa shape index (κ2) is 8.15. The molecule has 6 nitrogen and oxygen atoms in total. The Balaban J connectivity index is 1.17.